The van der Waals surface area contributed by atoms with Gasteiger partial charge in [-0.25, -0.2) is 0 Å². The van der Waals surface area contributed by atoms with Crippen LogP contribution >= 0.6 is 15.9 Å². The third-order valence-electron chi connectivity index (χ3n) is 2.67. The van der Waals surface area contributed by atoms with Gasteiger partial charge in [-0.2, -0.15) is 0 Å². The van der Waals surface area contributed by atoms with Gasteiger partial charge in [0, 0.05) is 16.2 Å². The molecular formula is C15H15BrN2O3. The van der Waals surface area contributed by atoms with Gasteiger partial charge in [-0.1, -0.05) is 28.1 Å². The second-order valence-electron chi connectivity index (χ2n) is 4.25. The number of nitrogens with one attached hydrogen (secondary N) is 1. The molecule has 21 heavy (non-hydrogen) atoms. The van der Waals surface area contributed by atoms with Gasteiger partial charge >= 0.3 is 0 Å². The van der Waals surface area contributed by atoms with Crippen LogP contribution in [0.4, 0.5) is 11.4 Å². The number of nitrogens with two attached hydrogens (primary N) is 1. The van der Waals surface area contributed by atoms with E-state index in [1.54, 1.807) is 49.6 Å². The number of nitrogen functional groups attached to an aromatic ring is 1. The highest BCUT2D eigenvalue weighted by atomic mass is 79.9. The Morgan fingerprint density at radius 3 is 2.76 bits per heavy atom. The maximum Gasteiger partial charge on any atom is 0.262 e. The molecular weight excluding hydrogens is 336 g/mol. The second kappa shape index (κ2) is 6.99. The van der Waals surface area contributed by atoms with E-state index in [0.29, 0.717) is 22.9 Å². The second-order valence-corrected chi connectivity index (χ2v) is 5.17. The van der Waals surface area contributed by atoms with Crippen LogP contribution in [-0.4, -0.2) is 19.6 Å². The summed E-state index contributed by atoms with van der Waals surface area (Å²) in [6.45, 7) is -0.122. The van der Waals surface area contributed by atoms with Crippen LogP contribution in [0.25, 0.3) is 0 Å². The number of halogens is 1. The highest BCUT2D eigenvalue weighted by Crippen LogP contribution is 2.24. The average molecular weight is 351 g/mol. The summed E-state index contributed by atoms with van der Waals surface area (Å²) in [5.74, 6) is 0.853. The Hall–Kier alpha value is -2.21. The molecule has 0 saturated heterocycles. The minimum absolute atomic E-state index is 0.122. The molecule has 0 radical (unpaired) electrons. The van der Waals surface area contributed by atoms with Crippen LogP contribution in [0.3, 0.4) is 0 Å². The van der Waals surface area contributed by atoms with Crippen molar-refractivity contribution in [3.63, 3.8) is 0 Å². The summed E-state index contributed by atoms with van der Waals surface area (Å²) in [4.78, 5) is 11.9. The molecule has 5 nitrogen and oxygen atoms in total. The van der Waals surface area contributed by atoms with E-state index >= 15 is 0 Å². The first kappa shape index (κ1) is 15.2. The fourth-order valence-corrected chi connectivity index (χ4v) is 2.18. The molecule has 6 heteroatoms. The number of para-hydroxylation sites is 2. The van der Waals surface area contributed by atoms with Gasteiger partial charge in [0.1, 0.15) is 11.5 Å². The summed E-state index contributed by atoms with van der Waals surface area (Å²) in [5, 5.41) is 2.73. The number of amides is 1. The van der Waals surface area contributed by atoms with Crippen LogP contribution in [0.1, 0.15) is 0 Å². The molecule has 0 unspecified atom stereocenters. The Bertz CT molecular complexity index is 647. The summed E-state index contributed by atoms with van der Waals surface area (Å²) in [6.07, 6.45) is 0. The Kier molecular flexibility index (Phi) is 5.05. The van der Waals surface area contributed by atoms with E-state index in [-0.39, 0.29) is 12.5 Å². The molecule has 0 aliphatic carbocycles. The molecule has 0 spiro atoms. The van der Waals surface area contributed by atoms with Crippen molar-refractivity contribution in [2.75, 3.05) is 24.8 Å². The molecule has 0 fully saturated rings. The first-order valence-electron chi connectivity index (χ1n) is 6.20. The molecule has 2 aromatic carbocycles. The number of ether oxygens (including phenoxy) is 2. The van der Waals surface area contributed by atoms with Gasteiger partial charge in [0.2, 0.25) is 0 Å². The fraction of sp³-hybridized carbons (Fsp3) is 0.133. The number of rotatable bonds is 5. The summed E-state index contributed by atoms with van der Waals surface area (Å²) >= 11 is 3.35. The maximum atomic E-state index is 11.9. The predicted octanol–water partition coefficient (Wildman–Crippen LogP) is 3.06. The molecule has 0 aliphatic heterocycles. The SMILES string of the molecule is COc1cc(Br)cc(NC(=O)COc2ccccc2N)c1. The minimum Gasteiger partial charge on any atom is -0.497 e. The molecule has 3 N–H and O–H groups in total. The normalized spacial score (nSPS) is 10.0. The van der Waals surface area contributed by atoms with E-state index in [1.807, 2.05) is 0 Å². The van der Waals surface area contributed by atoms with Crippen molar-refractivity contribution in [2.45, 2.75) is 0 Å². The van der Waals surface area contributed by atoms with Crippen molar-refractivity contribution in [1.29, 1.82) is 0 Å². The van der Waals surface area contributed by atoms with E-state index in [9.17, 15) is 4.79 Å². The Balaban J connectivity index is 1.96. The van der Waals surface area contributed by atoms with Crippen LogP contribution in [0.2, 0.25) is 0 Å². The van der Waals surface area contributed by atoms with Crippen molar-refractivity contribution in [2.24, 2.45) is 0 Å². The number of methoxy groups -OCH3 is 1. The lowest BCUT2D eigenvalue weighted by atomic mass is 10.3. The van der Waals surface area contributed by atoms with E-state index in [1.165, 1.54) is 0 Å². The zero-order chi connectivity index (χ0) is 15.2. The molecule has 0 aliphatic rings. The fourth-order valence-electron chi connectivity index (χ4n) is 1.71. The number of hydrogen-bond donors (Lipinski definition) is 2. The molecule has 2 aromatic rings. The molecule has 0 saturated carbocycles. The van der Waals surface area contributed by atoms with Crippen LogP contribution in [0.15, 0.2) is 46.9 Å². The molecule has 1 amide bonds. The van der Waals surface area contributed by atoms with Crippen LogP contribution in [-0.2, 0) is 4.79 Å². The van der Waals surface area contributed by atoms with Gasteiger partial charge in [-0.15, -0.1) is 0 Å². The highest BCUT2D eigenvalue weighted by Gasteiger charge is 2.07. The van der Waals surface area contributed by atoms with E-state index in [0.717, 1.165) is 4.47 Å². The number of carbonyl (C=O) groups excluding carboxylic acids is 1. The highest BCUT2D eigenvalue weighted by molar-refractivity contribution is 9.10. The maximum absolute atomic E-state index is 11.9. The molecule has 0 aromatic heterocycles. The number of anilines is 2. The average Bonchev–Trinajstić information content (AvgIpc) is 2.45. The first-order chi connectivity index (χ1) is 10.1. The van der Waals surface area contributed by atoms with Crippen LogP contribution in [0.5, 0.6) is 11.5 Å². The standard InChI is InChI=1S/C15H15BrN2O3/c1-20-12-7-10(16)6-11(8-12)18-15(19)9-21-14-5-3-2-4-13(14)17/h2-8H,9,17H2,1H3,(H,18,19). The van der Waals surface area contributed by atoms with Gasteiger partial charge in [-0.05, 0) is 24.3 Å². The molecule has 110 valence electrons. The van der Waals surface area contributed by atoms with Crippen molar-refractivity contribution in [3.05, 3.63) is 46.9 Å². The molecule has 0 heterocycles. The molecule has 0 atom stereocenters. The molecule has 2 rings (SSSR count). The molecule has 0 bridgehead atoms. The topological polar surface area (TPSA) is 73.6 Å². The Labute approximate surface area is 131 Å². The lowest BCUT2D eigenvalue weighted by Gasteiger charge is -2.10. The quantitative estimate of drug-likeness (QED) is 0.812. The monoisotopic (exact) mass is 350 g/mol. The Morgan fingerprint density at radius 2 is 2.05 bits per heavy atom. The van der Waals surface area contributed by atoms with E-state index in [2.05, 4.69) is 21.2 Å². The minimum atomic E-state index is -0.279. The number of benzene rings is 2. The predicted molar refractivity (Wildman–Crippen MR) is 85.7 cm³/mol. The lowest BCUT2D eigenvalue weighted by Crippen LogP contribution is -2.20. The van der Waals surface area contributed by atoms with Crippen molar-refractivity contribution in [1.82, 2.24) is 0 Å². The van der Waals surface area contributed by atoms with Gasteiger partial charge in [0.25, 0.3) is 5.91 Å². The van der Waals surface area contributed by atoms with Gasteiger partial charge in [-0.3, -0.25) is 4.79 Å². The number of carbonyl (C=O) groups is 1. The largest absolute Gasteiger partial charge is 0.497 e. The summed E-state index contributed by atoms with van der Waals surface area (Å²) in [7, 11) is 1.56. The van der Waals surface area contributed by atoms with Crippen LogP contribution in [0, 0.1) is 0 Å². The lowest BCUT2D eigenvalue weighted by molar-refractivity contribution is -0.118. The van der Waals surface area contributed by atoms with Crippen molar-refractivity contribution in [3.8, 4) is 11.5 Å². The number of hydrogen-bond acceptors (Lipinski definition) is 4. The van der Waals surface area contributed by atoms with E-state index < -0.39 is 0 Å². The van der Waals surface area contributed by atoms with Gasteiger partial charge in [0.15, 0.2) is 6.61 Å². The Morgan fingerprint density at radius 1 is 1.29 bits per heavy atom. The van der Waals surface area contributed by atoms with Gasteiger partial charge in [0.05, 0.1) is 12.8 Å². The zero-order valence-electron chi connectivity index (χ0n) is 11.4. The third-order valence-corrected chi connectivity index (χ3v) is 3.13. The van der Waals surface area contributed by atoms with Crippen LogP contribution < -0.4 is 20.5 Å². The third kappa shape index (κ3) is 4.39. The van der Waals surface area contributed by atoms with Crippen molar-refractivity contribution >= 4 is 33.2 Å². The summed E-state index contributed by atoms with van der Waals surface area (Å²) < 4.78 is 11.3. The first-order valence-corrected chi connectivity index (χ1v) is 6.99. The van der Waals surface area contributed by atoms with Gasteiger partial charge < -0.3 is 20.5 Å². The zero-order valence-corrected chi connectivity index (χ0v) is 13.0. The smallest absolute Gasteiger partial charge is 0.262 e. The van der Waals surface area contributed by atoms with Crippen molar-refractivity contribution < 1.29 is 14.3 Å². The summed E-state index contributed by atoms with van der Waals surface area (Å²) in [5.41, 5.74) is 6.85. The summed E-state index contributed by atoms with van der Waals surface area (Å²) in [6, 6.07) is 12.3. The van der Waals surface area contributed by atoms with E-state index in [4.69, 9.17) is 15.2 Å².